The smallest absolute Gasteiger partial charge is 0.251 e. The number of hydrogen-bond acceptors (Lipinski definition) is 4. The Hall–Kier alpha value is -1.46. The molecule has 6 heteroatoms. The average Bonchev–Trinajstić information content (AvgIpc) is 2.55. The molecule has 0 bridgehead atoms. The number of methoxy groups -OCH3 is 2. The van der Waals surface area contributed by atoms with E-state index in [-0.39, 0.29) is 24.4 Å². The van der Waals surface area contributed by atoms with Crippen LogP contribution in [-0.2, 0) is 0 Å². The lowest BCUT2D eigenvalue weighted by molar-refractivity contribution is 0.0921. The number of nitrogens with one attached hydrogen (secondary N) is 2. The molecule has 1 fully saturated rings. The highest BCUT2D eigenvalue weighted by atomic mass is 35.5. The highest BCUT2D eigenvalue weighted by Crippen LogP contribution is 2.29. The summed E-state index contributed by atoms with van der Waals surface area (Å²) < 4.78 is 10.7. The molecule has 0 spiro atoms. The minimum absolute atomic E-state index is 0. The highest BCUT2D eigenvalue weighted by molar-refractivity contribution is 5.95. The van der Waals surface area contributed by atoms with Crippen LogP contribution in [0.5, 0.6) is 11.5 Å². The maximum absolute atomic E-state index is 12.5. The van der Waals surface area contributed by atoms with Gasteiger partial charge in [-0.2, -0.15) is 0 Å². The molecule has 130 valence electrons. The molecular formula is C17H27ClN2O3. The molecule has 1 heterocycles. The van der Waals surface area contributed by atoms with Gasteiger partial charge in [0.1, 0.15) is 11.5 Å². The van der Waals surface area contributed by atoms with Gasteiger partial charge in [-0.25, -0.2) is 0 Å². The quantitative estimate of drug-likeness (QED) is 0.863. The number of rotatable bonds is 5. The second kappa shape index (κ2) is 8.99. The Balaban J connectivity index is 0.00000264. The molecule has 1 aromatic carbocycles. The van der Waals surface area contributed by atoms with Gasteiger partial charge in [0.2, 0.25) is 0 Å². The number of halogens is 1. The van der Waals surface area contributed by atoms with E-state index in [0.29, 0.717) is 23.0 Å². The number of ether oxygens (including phenoxy) is 2. The molecule has 1 aliphatic heterocycles. The standard InChI is InChI=1S/C17H26N2O3.ClH/c1-11-15(21-3)8-14(9-16(11)22-4)17(20)19-12(2)13-6-5-7-18-10-13;/h8-9,12-13,18H,5-7,10H2,1-4H3,(H,19,20);1H. The van der Waals surface area contributed by atoms with Crippen LogP contribution in [0.25, 0.3) is 0 Å². The third-order valence-electron chi connectivity index (χ3n) is 4.42. The molecule has 2 unspecified atom stereocenters. The number of carbonyl (C=O) groups excluding carboxylic acids is 1. The molecule has 0 saturated carbocycles. The van der Waals surface area contributed by atoms with E-state index >= 15 is 0 Å². The Kier molecular flexibility index (Phi) is 7.65. The molecule has 0 radical (unpaired) electrons. The van der Waals surface area contributed by atoms with Gasteiger partial charge >= 0.3 is 0 Å². The number of benzene rings is 1. The number of hydrogen-bond donors (Lipinski definition) is 2. The lowest BCUT2D eigenvalue weighted by Gasteiger charge is -2.29. The van der Waals surface area contributed by atoms with Crippen LogP contribution < -0.4 is 20.1 Å². The number of piperidine rings is 1. The fourth-order valence-corrected chi connectivity index (χ4v) is 2.93. The molecule has 2 atom stereocenters. The van der Waals surface area contributed by atoms with Crippen LogP contribution in [0.4, 0.5) is 0 Å². The molecule has 0 aromatic heterocycles. The summed E-state index contributed by atoms with van der Waals surface area (Å²) in [6.45, 7) is 6.01. The second-order valence-corrected chi connectivity index (χ2v) is 5.87. The summed E-state index contributed by atoms with van der Waals surface area (Å²) >= 11 is 0. The molecule has 0 aliphatic carbocycles. The lowest BCUT2D eigenvalue weighted by Crippen LogP contribution is -2.44. The third kappa shape index (κ3) is 4.75. The van der Waals surface area contributed by atoms with Gasteiger partial charge < -0.3 is 20.1 Å². The van der Waals surface area contributed by atoms with Crippen molar-refractivity contribution in [3.8, 4) is 11.5 Å². The summed E-state index contributed by atoms with van der Waals surface area (Å²) in [5, 5.41) is 6.48. The zero-order valence-electron chi connectivity index (χ0n) is 14.3. The van der Waals surface area contributed by atoms with Gasteiger partial charge in [-0.05, 0) is 57.8 Å². The average molecular weight is 343 g/mol. The van der Waals surface area contributed by atoms with Gasteiger partial charge in [0.15, 0.2) is 0 Å². The summed E-state index contributed by atoms with van der Waals surface area (Å²) in [4.78, 5) is 12.5. The lowest BCUT2D eigenvalue weighted by atomic mass is 9.92. The monoisotopic (exact) mass is 342 g/mol. The van der Waals surface area contributed by atoms with Gasteiger partial charge in [0.25, 0.3) is 5.91 Å². The van der Waals surface area contributed by atoms with Crippen molar-refractivity contribution in [3.63, 3.8) is 0 Å². The third-order valence-corrected chi connectivity index (χ3v) is 4.42. The predicted octanol–water partition coefficient (Wildman–Crippen LogP) is 2.55. The van der Waals surface area contributed by atoms with Crippen LogP contribution >= 0.6 is 12.4 Å². The Morgan fingerprint density at radius 1 is 1.30 bits per heavy atom. The number of carbonyl (C=O) groups is 1. The topological polar surface area (TPSA) is 59.6 Å². The van der Waals surface area contributed by atoms with E-state index in [4.69, 9.17) is 9.47 Å². The normalized spacial score (nSPS) is 18.5. The fourth-order valence-electron chi connectivity index (χ4n) is 2.93. The SMILES string of the molecule is COc1cc(C(=O)NC(C)C2CCCNC2)cc(OC)c1C.Cl. The van der Waals surface area contributed by atoms with Crippen molar-refractivity contribution < 1.29 is 14.3 Å². The molecule has 1 aliphatic rings. The molecule has 2 N–H and O–H groups in total. The van der Waals surface area contributed by atoms with Crippen LogP contribution in [-0.4, -0.2) is 39.3 Å². The Morgan fingerprint density at radius 2 is 1.91 bits per heavy atom. The van der Waals surface area contributed by atoms with Crippen LogP contribution in [0, 0.1) is 12.8 Å². The van der Waals surface area contributed by atoms with Crippen molar-refractivity contribution in [3.05, 3.63) is 23.3 Å². The molecule has 2 rings (SSSR count). The largest absolute Gasteiger partial charge is 0.496 e. The zero-order chi connectivity index (χ0) is 16.1. The first-order valence-corrected chi connectivity index (χ1v) is 7.81. The highest BCUT2D eigenvalue weighted by Gasteiger charge is 2.22. The Labute approximate surface area is 144 Å². The zero-order valence-corrected chi connectivity index (χ0v) is 15.1. The summed E-state index contributed by atoms with van der Waals surface area (Å²) in [7, 11) is 3.19. The molecule has 1 saturated heterocycles. The van der Waals surface area contributed by atoms with E-state index < -0.39 is 0 Å². The first kappa shape index (κ1) is 19.6. The summed E-state index contributed by atoms with van der Waals surface area (Å²) in [5.41, 5.74) is 1.46. The molecule has 23 heavy (non-hydrogen) atoms. The van der Waals surface area contributed by atoms with Crippen molar-refractivity contribution in [2.75, 3.05) is 27.3 Å². The van der Waals surface area contributed by atoms with Crippen molar-refractivity contribution in [2.24, 2.45) is 5.92 Å². The Bertz CT molecular complexity index is 506. The molecule has 5 nitrogen and oxygen atoms in total. The molecular weight excluding hydrogens is 316 g/mol. The maximum Gasteiger partial charge on any atom is 0.251 e. The van der Waals surface area contributed by atoms with E-state index in [2.05, 4.69) is 17.6 Å². The van der Waals surface area contributed by atoms with Crippen molar-refractivity contribution in [2.45, 2.75) is 32.7 Å². The van der Waals surface area contributed by atoms with Gasteiger partial charge in [0.05, 0.1) is 14.2 Å². The molecule has 1 amide bonds. The van der Waals surface area contributed by atoms with E-state index in [1.807, 2.05) is 6.92 Å². The van der Waals surface area contributed by atoms with Crippen LogP contribution in [0.15, 0.2) is 12.1 Å². The summed E-state index contributed by atoms with van der Waals surface area (Å²) in [6, 6.07) is 3.66. The summed E-state index contributed by atoms with van der Waals surface area (Å²) in [6.07, 6.45) is 2.31. The first-order valence-electron chi connectivity index (χ1n) is 7.81. The van der Waals surface area contributed by atoms with Crippen molar-refractivity contribution >= 4 is 18.3 Å². The first-order chi connectivity index (χ1) is 10.6. The predicted molar refractivity (Wildman–Crippen MR) is 94.1 cm³/mol. The van der Waals surface area contributed by atoms with Crippen LogP contribution in [0.1, 0.15) is 35.7 Å². The maximum atomic E-state index is 12.5. The number of amides is 1. The van der Waals surface area contributed by atoms with E-state index in [1.54, 1.807) is 26.4 Å². The minimum Gasteiger partial charge on any atom is -0.496 e. The van der Waals surface area contributed by atoms with Crippen molar-refractivity contribution in [1.29, 1.82) is 0 Å². The van der Waals surface area contributed by atoms with Gasteiger partial charge in [-0.1, -0.05) is 0 Å². The summed E-state index contributed by atoms with van der Waals surface area (Å²) in [5.74, 6) is 1.72. The molecule has 1 aromatic rings. The van der Waals surface area contributed by atoms with Gasteiger partial charge in [0, 0.05) is 17.2 Å². The van der Waals surface area contributed by atoms with E-state index in [1.165, 1.54) is 0 Å². The van der Waals surface area contributed by atoms with Gasteiger partial charge in [-0.3, -0.25) is 4.79 Å². The fraction of sp³-hybridized carbons (Fsp3) is 0.588. The van der Waals surface area contributed by atoms with E-state index in [0.717, 1.165) is 31.5 Å². The Morgan fingerprint density at radius 3 is 2.39 bits per heavy atom. The van der Waals surface area contributed by atoms with E-state index in [9.17, 15) is 4.79 Å². The van der Waals surface area contributed by atoms with Gasteiger partial charge in [-0.15, -0.1) is 12.4 Å². The second-order valence-electron chi connectivity index (χ2n) is 5.87. The van der Waals surface area contributed by atoms with Crippen LogP contribution in [0.3, 0.4) is 0 Å². The minimum atomic E-state index is -0.0883. The van der Waals surface area contributed by atoms with Crippen molar-refractivity contribution in [1.82, 2.24) is 10.6 Å². The van der Waals surface area contributed by atoms with Crippen LogP contribution in [0.2, 0.25) is 0 Å².